The quantitative estimate of drug-likeness (QED) is 0.434. The predicted octanol–water partition coefficient (Wildman–Crippen LogP) is 5.23. The van der Waals surface area contributed by atoms with Crippen LogP contribution >= 0.6 is 23.7 Å². The summed E-state index contributed by atoms with van der Waals surface area (Å²) in [4.78, 5) is 21.8. The van der Waals surface area contributed by atoms with Crippen molar-refractivity contribution in [3.05, 3.63) is 53.3 Å². The van der Waals surface area contributed by atoms with Crippen LogP contribution in [0.1, 0.15) is 25.0 Å². The van der Waals surface area contributed by atoms with Crippen LogP contribution in [0.5, 0.6) is 5.75 Å². The SMILES string of the molecule is CCN(CC)CCN(C(=O)COc1ccc(F)cc1)c1nc2c(C)cc(C)cc2s1.Cl. The molecule has 0 spiro atoms. The minimum atomic E-state index is -0.338. The Labute approximate surface area is 193 Å². The van der Waals surface area contributed by atoms with E-state index in [2.05, 4.69) is 37.8 Å². The van der Waals surface area contributed by atoms with E-state index in [1.807, 2.05) is 6.92 Å². The molecule has 0 saturated carbocycles. The molecule has 1 heterocycles. The second-order valence-corrected chi connectivity index (χ2v) is 8.25. The zero-order chi connectivity index (χ0) is 21.7. The number of amides is 1. The van der Waals surface area contributed by atoms with Crippen molar-refractivity contribution in [2.45, 2.75) is 27.7 Å². The van der Waals surface area contributed by atoms with E-state index in [4.69, 9.17) is 9.72 Å². The number of carbonyl (C=O) groups is 1. The first-order chi connectivity index (χ1) is 14.4. The van der Waals surface area contributed by atoms with Crippen molar-refractivity contribution < 1.29 is 13.9 Å². The fourth-order valence-corrected chi connectivity index (χ4v) is 4.52. The molecule has 0 atom stereocenters. The van der Waals surface area contributed by atoms with Gasteiger partial charge in [0.25, 0.3) is 5.91 Å². The first-order valence-electron chi connectivity index (χ1n) is 10.2. The number of halogens is 2. The molecule has 3 aromatic rings. The van der Waals surface area contributed by atoms with Crippen LogP contribution in [0.15, 0.2) is 36.4 Å². The van der Waals surface area contributed by atoms with E-state index < -0.39 is 0 Å². The van der Waals surface area contributed by atoms with E-state index in [0.717, 1.165) is 35.4 Å². The number of aromatic nitrogens is 1. The maximum Gasteiger partial charge on any atom is 0.266 e. The van der Waals surface area contributed by atoms with E-state index in [-0.39, 0.29) is 30.7 Å². The van der Waals surface area contributed by atoms with Crippen molar-refractivity contribution in [2.24, 2.45) is 0 Å². The number of ether oxygens (including phenoxy) is 1. The molecule has 0 aliphatic rings. The number of likely N-dealkylation sites (N-methyl/N-ethyl adjacent to an activating group) is 1. The van der Waals surface area contributed by atoms with Crippen LogP contribution in [0.25, 0.3) is 10.2 Å². The van der Waals surface area contributed by atoms with Crippen LogP contribution in [0.2, 0.25) is 0 Å². The Hall–Kier alpha value is -2.22. The number of rotatable bonds is 9. The number of nitrogens with zero attached hydrogens (tertiary/aromatic N) is 3. The Balaban J connectivity index is 0.00000341. The van der Waals surface area contributed by atoms with Gasteiger partial charge in [0, 0.05) is 13.1 Å². The minimum absolute atomic E-state index is 0. The first kappa shape index (κ1) is 25.0. The fraction of sp³-hybridized carbons (Fsp3) is 0.391. The summed E-state index contributed by atoms with van der Waals surface area (Å²) in [7, 11) is 0. The first-order valence-corrected chi connectivity index (χ1v) is 11.0. The maximum atomic E-state index is 13.1. The van der Waals surface area contributed by atoms with Crippen molar-refractivity contribution in [2.75, 3.05) is 37.7 Å². The van der Waals surface area contributed by atoms with Gasteiger partial charge in [0.2, 0.25) is 0 Å². The van der Waals surface area contributed by atoms with Gasteiger partial charge in [-0.3, -0.25) is 9.69 Å². The Morgan fingerprint density at radius 1 is 1.10 bits per heavy atom. The fourth-order valence-electron chi connectivity index (χ4n) is 3.34. The summed E-state index contributed by atoms with van der Waals surface area (Å²) >= 11 is 1.52. The lowest BCUT2D eigenvalue weighted by Gasteiger charge is -2.24. The zero-order valence-electron chi connectivity index (χ0n) is 18.4. The molecule has 0 fully saturated rings. The van der Waals surface area contributed by atoms with E-state index in [1.165, 1.54) is 41.2 Å². The normalized spacial score (nSPS) is 10.9. The Morgan fingerprint density at radius 2 is 1.77 bits per heavy atom. The molecule has 0 saturated heterocycles. The van der Waals surface area contributed by atoms with E-state index >= 15 is 0 Å². The van der Waals surface area contributed by atoms with Crippen LogP contribution in [0.4, 0.5) is 9.52 Å². The standard InChI is InChI=1S/C23H28FN3O2S.ClH/c1-5-26(6-2)11-12-27(21(28)15-29-19-9-7-18(24)8-10-19)23-25-22-17(4)13-16(3)14-20(22)30-23;/h7-10,13-14H,5-6,11-12,15H2,1-4H3;1H. The van der Waals surface area contributed by atoms with Gasteiger partial charge in [-0.05, 0) is 68.4 Å². The smallest absolute Gasteiger partial charge is 0.266 e. The summed E-state index contributed by atoms with van der Waals surface area (Å²) in [5.74, 6) is -0.0428. The van der Waals surface area contributed by atoms with Gasteiger partial charge in [0.15, 0.2) is 11.7 Å². The van der Waals surface area contributed by atoms with Crippen molar-refractivity contribution in [1.29, 1.82) is 0 Å². The molecule has 1 amide bonds. The molecule has 0 radical (unpaired) electrons. The van der Waals surface area contributed by atoms with Crippen molar-refractivity contribution in [1.82, 2.24) is 9.88 Å². The molecule has 3 rings (SSSR count). The molecule has 0 N–H and O–H groups in total. The molecule has 168 valence electrons. The number of fused-ring (bicyclic) bond motifs is 1. The van der Waals surface area contributed by atoms with Gasteiger partial charge in [-0.15, -0.1) is 12.4 Å². The number of benzene rings is 2. The van der Waals surface area contributed by atoms with Crippen LogP contribution in [0, 0.1) is 19.7 Å². The topological polar surface area (TPSA) is 45.7 Å². The molecule has 31 heavy (non-hydrogen) atoms. The third kappa shape index (κ3) is 6.38. The minimum Gasteiger partial charge on any atom is -0.484 e. The molecule has 2 aromatic carbocycles. The van der Waals surface area contributed by atoms with Crippen LogP contribution < -0.4 is 9.64 Å². The largest absolute Gasteiger partial charge is 0.484 e. The number of thiazole rings is 1. The second kappa shape index (κ2) is 11.4. The summed E-state index contributed by atoms with van der Waals surface area (Å²) in [5, 5.41) is 0.679. The van der Waals surface area contributed by atoms with Crippen molar-refractivity contribution >= 4 is 45.0 Å². The molecule has 0 unspecified atom stereocenters. The number of anilines is 1. The Bertz CT molecular complexity index is 1010. The summed E-state index contributed by atoms with van der Waals surface area (Å²) in [6, 6.07) is 9.88. The van der Waals surface area contributed by atoms with Gasteiger partial charge >= 0.3 is 0 Å². The molecule has 8 heteroatoms. The van der Waals surface area contributed by atoms with E-state index in [1.54, 1.807) is 4.90 Å². The number of aryl methyl sites for hydroxylation is 2. The second-order valence-electron chi connectivity index (χ2n) is 7.24. The highest BCUT2D eigenvalue weighted by atomic mass is 35.5. The van der Waals surface area contributed by atoms with Crippen molar-refractivity contribution in [3.63, 3.8) is 0 Å². The number of hydrogen-bond donors (Lipinski definition) is 0. The summed E-state index contributed by atoms with van der Waals surface area (Å²) in [5.41, 5.74) is 3.21. The zero-order valence-corrected chi connectivity index (χ0v) is 20.0. The molecule has 1 aromatic heterocycles. The van der Waals surface area contributed by atoms with E-state index in [0.29, 0.717) is 17.4 Å². The van der Waals surface area contributed by atoms with Gasteiger partial charge < -0.3 is 9.64 Å². The van der Waals surface area contributed by atoms with Gasteiger partial charge in [0.1, 0.15) is 11.6 Å². The van der Waals surface area contributed by atoms with E-state index in [9.17, 15) is 9.18 Å². The molecule has 0 bridgehead atoms. The predicted molar refractivity (Wildman–Crippen MR) is 128 cm³/mol. The molecular formula is C23H29ClFN3O2S. The third-order valence-corrected chi connectivity index (χ3v) is 6.09. The highest BCUT2D eigenvalue weighted by molar-refractivity contribution is 7.22. The lowest BCUT2D eigenvalue weighted by molar-refractivity contribution is -0.120. The van der Waals surface area contributed by atoms with Gasteiger partial charge in [0.05, 0.1) is 10.2 Å². The Kier molecular flexibility index (Phi) is 9.22. The van der Waals surface area contributed by atoms with Crippen LogP contribution in [-0.2, 0) is 4.79 Å². The van der Waals surface area contributed by atoms with Crippen LogP contribution in [-0.4, -0.2) is 48.6 Å². The third-order valence-electron chi connectivity index (χ3n) is 5.06. The lowest BCUT2D eigenvalue weighted by Crippen LogP contribution is -2.41. The van der Waals surface area contributed by atoms with Crippen molar-refractivity contribution in [3.8, 4) is 5.75 Å². The molecule has 0 aliphatic heterocycles. The Morgan fingerprint density at radius 3 is 2.42 bits per heavy atom. The monoisotopic (exact) mass is 465 g/mol. The maximum absolute atomic E-state index is 13.1. The highest BCUT2D eigenvalue weighted by Gasteiger charge is 2.21. The summed E-state index contributed by atoms with van der Waals surface area (Å²) < 4.78 is 19.8. The number of hydrogen-bond acceptors (Lipinski definition) is 5. The van der Waals surface area contributed by atoms with Gasteiger partial charge in [-0.1, -0.05) is 31.3 Å². The molecule has 5 nitrogen and oxygen atoms in total. The molecule has 0 aliphatic carbocycles. The van der Waals surface area contributed by atoms with Gasteiger partial charge in [-0.25, -0.2) is 9.37 Å². The average Bonchev–Trinajstić information content (AvgIpc) is 3.14. The summed E-state index contributed by atoms with van der Waals surface area (Å²) in [6.07, 6.45) is 0. The van der Waals surface area contributed by atoms with Gasteiger partial charge in [-0.2, -0.15) is 0 Å². The summed E-state index contributed by atoms with van der Waals surface area (Å²) in [6.45, 7) is 11.3. The van der Waals surface area contributed by atoms with Crippen LogP contribution in [0.3, 0.4) is 0 Å². The molecular weight excluding hydrogens is 437 g/mol. The number of carbonyl (C=O) groups excluding carboxylic acids is 1. The lowest BCUT2D eigenvalue weighted by atomic mass is 10.1. The highest BCUT2D eigenvalue weighted by Crippen LogP contribution is 2.31. The average molecular weight is 466 g/mol.